The van der Waals surface area contributed by atoms with Crippen LogP contribution in [0.3, 0.4) is 0 Å². The molecule has 0 spiro atoms. The molecule has 0 unspecified atom stereocenters. The topological polar surface area (TPSA) is 22.1 Å². The normalized spacial score (nSPS) is 8.00. The van der Waals surface area contributed by atoms with Crippen LogP contribution in [0.4, 0.5) is 0 Å². The van der Waals surface area contributed by atoms with Gasteiger partial charge in [-0.25, -0.2) is 4.98 Å². The van der Waals surface area contributed by atoms with Crippen LogP contribution in [0.1, 0.15) is 13.8 Å². The van der Waals surface area contributed by atoms with Crippen molar-refractivity contribution in [1.82, 2.24) is 4.98 Å². The molecule has 0 atom stereocenters. The first-order valence-corrected chi connectivity index (χ1v) is 3.87. The number of aromatic nitrogens is 1. The lowest BCUT2D eigenvalue weighted by Crippen LogP contribution is -1.85. The summed E-state index contributed by atoms with van der Waals surface area (Å²) < 4.78 is 4.80. The molecule has 0 aliphatic carbocycles. The number of hydrogen-bond acceptors (Lipinski definition) is 2. The van der Waals surface area contributed by atoms with Crippen molar-refractivity contribution in [2.75, 3.05) is 7.11 Å². The maximum Gasteiger partial charge on any atom is 0.214 e. The Hall–Kier alpha value is -0.760. The number of nitrogens with zero attached hydrogens (tertiary/aromatic N) is 1. The second kappa shape index (κ2) is 5.98. The zero-order valence-corrected chi connectivity index (χ0v) is 7.72. The minimum Gasteiger partial charge on any atom is -0.481 e. The van der Waals surface area contributed by atoms with Crippen molar-refractivity contribution in [3.63, 3.8) is 0 Å². The van der Waals surface area contributed by atoms with Gasteiger partial charge in [0.15, 0.2) is 0 Å². The third-order valence-electron chi connectivity index (χ3n) is 0.899. The Kier molecular flexibility index (Phi) is 5.57. The van der Waals surface area contributed by atoms with E-state index in [9.17, 15) is 0 Å². The highest BCUT2D eigenvalue weighted by atomic mass is 35.5. The SMILES string of the molecule is CC.COc1cccc(Cl)n1. The van der Waals surface area contributed by atoms with Gasteiger partial charge in [-0.05, 0) is 6.07 Å². The van der Waals surface area contributed by atoms with Gasteiger partial charge in [-0.2, -0.15) is 0 Å². The number of halogens is 1. The quantitative estimate of drug-likeness (QED) is 0.610. The molecule has 0 aliphatic heterocycles. The van der Waals surface area contributed by atoms with E-state index < -0.39 is 0 Å². The van der Waals surface area contributed by atoms with Crippen LogP contribution in [-0.4, -0.2) is 12.1 Å². The number of ether oxygens (including phenoxy) is 1. The van der Waals surface area contributed by atoms with Gasteiger partial charge >= 0.3 is 0 Å². The minimum atomic E-state index is 0.453. The Morgan fingerprint density at radius 2 is 2.00 bits per heavy atom. The molecule has 0 radical (unpaired) electrons. The monoisotopic (exact) mass is 173 g/mol. The highest BCUT2D eigenvalue weighted by Gasteiger charge is 1.90. The maximum absolute atomic E-state index is 5.53. The van der Waals surface area contributed by atoms with Gasteiger partial charge in [0.25, 0.3) is 0 Å². The molecule has 1 rings (SSSR count). The van der Waals surface area contributed by atoms with E-state index in [0.29, 0.717) is 11.0 Å². The minimum absolute atomic E-state index is 0.453. The number of hydrogen-bond donors (Lipinski definition) is 0. The zero-order valence-electron chi connectivity index (χ0n) is 6.97. The van der Waals surface area contributed by atoms with E-state index in [1.807, 2.05) is 13.8 Å². The van der Waals surface area contributed by atoms with Gasteiger partial charge in [-0.3, -0.25) is 0 Å². The molecular weight excluding hydrogens is 162 g/mol. The van der Waals surface area contributed by atoms with Crippen molar-refractivity contribution in [2.24, 2.45) is 0 Å². The van der Waals surface area contributed by atoms with Gasteiger partial charge in [0.05, 0.1) is 7.11 Å². The van der Waals surface area contributed by atoms with Crippen LogP contribution in [0.15, 0.2) is 18.2 Å². The van der Waals surface area contributed by atoms with Gasteiger partial charge in [0.1, 0.15) is 5.15 Å². The fraction of sp³-hybridized carbons (Fsp3) is 0.375. The summed E-state index contributed by atoms with van der Waals surface area (Å²) in [5, 5.41) is 0.453. The fourth-order valence-electron chi connectivity index (χ4n) is 0.503. The van der Waals surface area contributed by atoms with Gasteiger partial charge in [0, 0.05) is 6.07 Å². The summed E-state index contributed by atoms with van der Waals surface area (Å²) in [6.45, 7) is 4.00. The van der Waals surface area contributed by atoms with Gasteiger partial charge < -0.3 is 4.74 Å². The molecule has 0 saturated carbocycles. The average molecular weight is 174 g/mol. The summed E-state index contributed by atoms with van der Waals surface area (Å²) in [5.74, 6) is 0.544. The highest BCUT2D eigenvalue weighted by Crippen LogP contribution is 2.09. The molecule has 0 amide bonds. The molecule has 0 saturated heterocycles. The molecule has 1 aromatic rings. The molecular formula is C8H12ClNO. The predicted molar refractivity (Wildman–Crippen MR) is 47.1 cm³/mol. The van der Waals surface area contributed by atoms with E-state index in [1.54, 1.807) is 25.3 Å². The molecule has 0 bridgehead atoms. The summed E-state index contributed by atoms with van der Waals surface area (Å²) in [4.78, 5) is 3.83. The number of rotatable bonds is 1. The van der Waals surface area contributed by atoms with Crippen LogP contribution in [-0.2, 0) is 0 Å². The van der Waals surface area contributed by atoms with E-state index in [2.05, 4.69) is 4.98 Å². The summed E-state index contributed by atoms with van der Waals surface area (Å²) in [6, 6.07) is 5.23. The van der Waals surface area contributed by atoms with E-state index in [-0.39, 0.29) is 0 Å². The zero-order chi connectivity index (χ0) is 8.69. The van der Waals surface area contributed by atoms with Crippen LogP contribution in [0.5, 0.6) is 5.88 Å². The first kappa shape index (κ1) is 10.2. The van der Waals surface area contributed by atoms with Crippen LogP contribution < -0.4 is 4.74 Å². The summed E-state index contributed by atoms with van der Waals surface area (Å²) >= 11 is 5.53. The fourth-order valence-corrected chi connectivity index (χ4v) is 0.659. The van der Waals surface area contributed by atoms with Crippen molar-refractivity contribution in [2.45, 2.75) is 13.8 Å². The Morgan fingerprint density at radius 1 is 1.36 bits per heavy atom. The lowest BCUT2D eigenvalue weighted by molar-refractivity contribution is 0.398. The molecule has 3 heteroatoms. The van der Waals surface area contributed by atoms with E-state index >= 15 is 0 Å². The van der Waals surface area contributed by atoms with Crippen molar-refractivity contribution >= 4 is 11.6 Å². The average Bonchev–Trinajstić information content (AvgIpc) is 2.08. The van der Waals surface area contributed by atoms with Crippen molar-refractivity contribution < 1.29 is 4.74 Å². The molecule has 0 aromatic carbocycles. The molecule has 1 heterocycles. The highest BCUT2D eigenvalue weighted by molar-refractivity contribution is 6.29. The lowest BCUT2D eigenvalue weighted by atomic mass is 10.5. The first-order valence-electron chi connectivity index (χ1n) is 3.49. The molecule has 0 fully saturated rings. The largest absolute Gasteiger partial charge is 0.481 e. The Labute approximate surface area is 72.2 Å². The van der Waals surface area contributed by atoms with Crippen molar-refractivity contribution in [1.29, 1.82) is 0 Å². The standard InChI is InChI=1S/C6H6ClNO.C2H6/c1-9-6-4-2-3-5(7)8-6;1-2/h2-4H,1H3;1-2H3. The van der Waals surface area contributed by atoms with Crippen LogP contribution in [0, 0.1) is 0 Å². The van der Waals surface area contributed by atoms with Crippen molar-refractivity contribution in [3.05, 3.63) is 23.4 Å². The summed E-state index contributed by atoms with van der Waals surface area (Å²) in [6.07, 6.45) is 0. The second-order valence-corrected chi connectivity index (χ2v) is 1.89. The van der Waals surface area contributed by atoms with Crippen LogP contribution in [0.2, 0.25) is 5.15 Å². The summed E-state index contributed by atoms with van der Waals surface area (Å²) in [5.41, 5.74) is 0. The smallest absolute Gasteiger partial charge is 0.214 e. The third-order valence-corrected chi connectivity index (χ3v) is 1.11. The molecule has 0 aliphatic rings. The Morgan fingerprint density at radius 3 is 2.36 bits per heavy atom. The first-order chi connectivity index (χ1) is 5.33. The van der Waals surface area contributed by atoms with Crippen LogP contribution in [0.25, 0.3) is 0 Å². The van der Waals surface area contributed by atoms with E-state index in [4.69, 9.17) is 16.3 Å². The maximum atomic E-state index is 5.53. The summed E-state index contributed by atoms with van der Waals surface area (Å²) in [7, 11) is 1.55. The van der Waals surface area contributed by atoms with Crippen LogP contribution >= 0.6 is 11.6 Å². The lowest BCUT2D eigenvalue weighted by Gasteiger charge is -1.95. The molecule has 11 heavy (non-hydrogen) atoms. The molecule has 2 nitrogen and oxygen atoms in total. The predicted octanol–water partition coefficient (Wildman–Crippen LogP) is 2.77. The molecule has 62 valence electrons. The van der Waals surface area contributed by atoms with E-state index in [0.717, 1.165) is 0 Å². The molecule has 0 N–H and O–H groups in total. The van der Waals surface area contributed by atoms with E-state index in [1.165, 1.54) is 0 Å². The third kappa shape index (κ3) is 3.83. The van der Waals surface area contributed by atoms with Gasteiger partial charge in [-0.1, -0.05) is 31.5 Å². The van der Waals surface area contributed by atoms with Gasteiger partial charge in [0.2, 0.25) is 5.88 Å². The van der Waals surface area contributed by atoms with Crippen molar-refractivity contribution in [3.8, 4) is 5.88 Å². The Balaban J connectivity index is 0.000000461. The number of methoxy groups -OCH3 is 1. The van der Waals surface area contributed by atoms with Gasteiger partial charge in [-0.15, -0.1) is 0 Å². The Bertz CT molecular complexity index is 203. The number of pyridine rings is 1. The molecule has 1 aromatic heterocycles. The second-order valence-electron chi connectivity index (χ2n) is 1.50.